The Morgan fingerprint density at radius 3 is 2.74 bits per heavy atom. The molecule has 0 amide bonds. The zero-order valence-corrected chi connectivity index (χ0v) is 13.0. The molecule has 1 heterocycles. The highest BCUT2D eigenvalue weighted by atomic mass is 79.9. The van der Waals surface area contributed by atoms with E-state index in [0.29, 0.717) is 0 Å². The SMILES string of the molecule is COc1ccc(CN(C)Cc2nccn2C)cc1Br. The second-order valence-electron chi connectivity index (χ2n) is 4.60. The van der Waals surface area contributed by atoms with Crippen molar-refractivity contribution in [2.45, 2.75) is 13.1 Å². The standard InChI is InChI=1S/C14H18BrN3O/c1-17(10-14-16-6-7-18(14)2)9-11-4-5-13(19-3)12(15)8-11/h4-8H,9-10H2,1-3H3. The summed E-state index contributed by atoms with van der Waals surface area (Å²) >= 11 is 3.51. The summed E-state index contributed by atoms with van der Waals surface area (Å²) in [4.78, 5) is 6.57. The van der Waals surface area contributed by atoms with Crippen LogP contribution in [0.3, 0.4) is 0 Å². The van der Waals surface area contributed by atoms with E-state index in [1.807, 2.05) is 30.1 Å². The second-order valence-corrected chi connectivity index (χ2v) is 5.45. The largest absolute Gasteiger partial charge is 0.496 e. The summed E-state index contributed by atoms with van der Waals surface area (Å²) < 4.78 is 8.26. The molecule has 0 spiro atoms. The van der Waals surface area contributed by atoms with Gasteiger partial charge in [-0.25, -0.2) is 4.98 Å². The number of methoxy groups -OCH3 is 1. The van der Waals surface area contributed by atoms with Crippen LogP contribution in [0.4, 0.5) is 0 Å². The van der Waals surface area contributed by atoms with E-state index in [1.165, 1.54) is 5.56 Å². The van der Waals surface area contributed by atoms with E-state index in [1.54, 1.807) is 7.11 Å². The molecule has 0 fully saturated rings. The third-order valence-corrected chi connectivity index (χ3v) is 3.62. The highest BCUT2D eigenvalue weighted by Crippen LogP contribution is 2.26. The monoisotopic (exact) mass is 323 g/mol. The summed E-state index contributed by atoms with van der Waals surface area (Å²) in [6.45, 7) is 1.70. The molecular formula is C14H18BrN3O. The molecule has 0 N–H and O–H groups in total. The summed E-state index contributed by atoms with van der Waals surface area (Å²) in [7, 11) is 5.78. The lowest BCUT2D eigenvalue weighted by atomic mass is 10.2. The van der Waals surface area contributed by atoms with Crippen molar-refractivity contribution in [2.75, 3.05) is 14.2 Å². The van der Waals surface area contributed by atoms with Crippen LogP contribution in [0.5, 0.6) is 5.75 Å². The number of hydrogen-bond donors (Lipinski definition) is 0. The van der Waals surface area contributed by atoms with Crippen molar-refractivity contribution < 1.29 is 4.74 Å². The van der Waals surface area contributed by atoms with Crippen LogP contribution in [0.15, 0.2) is 35.1 Å². The molecule has 0 aliphatic rings. The van der Waals surface area contributed by atoms with Gasteiger partial charge in [0.15, 0.2) is 0 Å². The van der Waals surface area contributed by atoms with Crippen LogP contribution < -0.4 is 4.74 Å². The first-order chi connectivity index (χ1) is 9.10. The zero-order valence-electron chi connectivity index (χ0n) is 11.4. The van der Waals surface area contributed by atoms with Crippen LogP contribution in [0, 0.1) is 0 Å². The lowest BCUT2D eigenvalue weighted by Gasteiger charge is -2.17. The zero-order chi connectivity index (χ0) is 13.8. The van der Waals surface area contributed by atoms with Crippen LogP contribution in [0.2, 0.25) is 0 Å². The number of nitrogens with zero attached hydrogens (tertiary/aromatic N) is 3. The fourth-order valence-corrected chi connectivity index (χ4v) is 2.55. The number of imidazole rings is 1. The molecule has 2 aromatic rings. The Morgan fingerprint density at radius 1 is 1.37 bits per heavy atom. The van der Waals surface area contributed by atoms with Gasteiger partial charge in [-0.1, -0.05) is 6.07 Å². The van der Waals surface area contributed by atoms with Crippen LogP contribution in [-0.2, 0) is 20.1 Å². The molecule has 1 aromatic heterocycles. The minimum atomic E-state index is 0.827. The van der Waals surface area contributed by atoms with Gasteiger partial charge in [-0.15, -0.1) is 0 Å². The van der Waals surface area contributed by atoms with E-state index in [9.17, 15) is 0 Å². The van der Waals surface area contributed by atoms with Crippen molar-refractivity contribution >= 4 is 15.9 Å². The molecule has 4 nitrogen and oxygen atoms in total. The molecule has 0 saturated heterocycles. The molecule has 0 unspecified atom stereocenters. The van der Waals surface area contributed by atoms with Gasteiger partial charge in [0.05, 0.1) is 18.1 Å². The molecule has 0 aliphatic heterocycles. The smallest absolute Gasteiger partial charge is 0.133 e. The summed E-state index contributed by atoms with van der Waals surface area (Å²) in [6, 6.07) is 6.15. The Balaban J connectivity index is 2.01. The summed E-state index contributed by atoms with van der Waals surface area (Å²) in [5, 5.41) is 0. The molecule has 2 rings (SSSR count). The van der Waals surface area contributed by atoms with Crippen molar-refractivity contribution in [1.82, 2.24) is 14.5 Å². The lowest BCUT2D eigenvalue weighted by molar-refractivity contribution is 0.307. The van der Waals surface area contributed by atoms with E-state index in [0.717, 1.165) is 29.1 Å². The molecule has 102 valence electrons. The number of rotatable bonds is 5. The number of benzene rings is 1. The van der Waals surface area contributed by atoms with Crippen LogP contribution >= 0.6 is 15.9 Å². The molecule has 0 bridgehead atoms. The molecule has 1 aromatic carbocycles. The van der Waals surface area contributed by atoms with Crippen molar-refractivity contribution in [2.24, 2.45) is 7.05 Å². The van der Waals surface area contributed by atoms with Crippen molar-refractivity contribution in [3.63, 3.8) is 0 Å². The number of halogens is 1. The molecule has 0 saturated carbocycles. The summed E-state index contributed by atoms with van der Waals surface area (Å²) in [5.74, 6) is 1.92. The fourth-order valence-electron chi connectivity index (χ4n) is 1.97. The highest BCUT2D eigenvalue weighted by Gasteiger charge is 2.07. The Morgan fingerprint density at radius 2 is 2.16 bits per heavy atom. The van der Waals surface area contributed by atoms with Gasteiger partial charge in [-0.3, -0.25) is 4.90 Å². The van der Waals surface area contributed by atoms with E-state index in [4.69, 9.17) is 4.74 Å². The number of aromatic nitrogens is 2. The van der Waals surface area contributed by atoms with Crippen molar-refractivity contribution in [3.05, 3.63) is 46.5 Å². The summed E-state index contributed by atoms with van der Waals surface area (Å²) in [6.07, 6.45) is 3.79. The minimum Gasteiger partial charge on any atom is -0.496 e. The maximum absolute atomic E-state index is 5.23. The Hall–Kier alpha value is -1.33. The van der Waals surface area contributed by atoms with Gasteiger partial charge in [-0.05, 0) is 40.7 Å². The molecule has 0 aliphatic carbocycles. The third kappa shape index (κ3) is 3.58. The Bertz CT molecular complexity index is 553. The van der Waals surface area contributed by atoms with E-state index >= 15 is 0 Å². The van der Waals surface area contributed by atoms with Crippen molar-refractivity contribution in [1.29, 1.82) is 0 Å². The number of hydrogen-bond acceptors (Lipinski definition) is 3. The minimum absolute atomic E-state index is 0.827. The highest BCUT2D eigenvalue weighted by molar-refractivity contribution is 9.10. The maximum Gasteiger partial charge on any atom is 0.133 e. The van der Waals surface area contributed by atoms with Crippen LogP contribution in [0.1, 0.15) is 11.4 Å². The van der Waals surface area contributed by atoms with Gasteiger partial charge < -0.3 is 9.30 Å². The van der Waals surface area contributed by atoms with Crippen molar-refractivity contribution in [3.8, 4) is 5.75 Å². The molecule has 19 heavy (non-hydrogen) atoms. The molecule has 5 heteroatoms. The average molecular weight is 324 g/mol. The maximum atomic E-state index is 5.23. The van der Waals surface area contributed by atoms with Gasteiger partial charge in [-0.2, -0.15) is 0 Å². The van der Waals surface area contributed by atoms with Gasteiger partial charge in [0, 0.05) is 26.0 Å². The molecule has 0 atom stereocenters. The van der Waals surface area contributed by atoms with E-state index in [2.05, 4.69) is 45.0 Å². The summed E-state index contributed by atoms with van der Waals surface area (Å²) in [5.41, 5.74) is 1.24. The number of aryl methyl sites for hydroxylation is 1. The van der Waals surface area contributed by atoms with E-state index in [-0.39, 0.29) is 0 Å². The van der Waals surface area contributed by atoms with Crippen LogP contribution in [-0.4, -0.2) is 28.6 Å². The molecular weight excluding hydrogens is 306 g/mol. The molecule has 0 radical (unpaired) electrons. The fraction of sp³-hybridized carbons (Fsp3) is 0.357. The topological polar surface area (TPSA) is 30.3 Å². The Kier molecular flexibility index (Phi) is 4.61. The van der Waals surface area contributed by atoms with E-state index < -0.39 is 0 Å². The quantitative estimate of drug-likeness (QED) is 0.847. The normalized spacial score (nSPS) is 11.0. The Labute approximate surface area is 122 Å². The second kappa shape index (κ2) is 6.21. The predicted molar refractivity (Wildman–Crippen MR) is 79.1 cm³/mol. The van der Waals surface area contributed by atoms with Gasteiger partial charge in [0.2, 0.25) is 0 Å². The predicted octanol–water partition coefficient (Wildman–Crippen LogP) is 2.82. The van der Waals surface area contributed by atoms with Gasteiger partial charge in [0.1, 0.15) is 11.6 Å². The first kappa shape index (κ1) is 14.1. The lowest BCUT2D eigenvalue weighted by Crippen LogP contribution is -2.19. The number of ether oxygens (including phenoxy) is 1. The van der Waals surface area contributed by atoms with Gasteiger partial charge in [0.25, 0.3) is 0 Å². The average Bonchev–Trinajstić information content (AvgIpc) is 2.75. The first-order valence-corrected chi connectivity index (χ1v) is 6.86. The van der Waals surface area contributed by atoms with Gasteiger partial charge >= 0.3 is 0 Å². The third-order valence-electron chi connectivity index (χ3n) is 3.00. The first-order valence-electron chi connectivity index (χ1n) is 6.07. The van der Waals surface area contributed by atoms with Crippen LogP contribution in [0.25, 0.3) is 0 Å².